The number of hydrogen-bond acceptors (Lipinski definition) is 1. The van der Waals surface area contributed by atoms with Crippen LogP contribution in [0.1, 0.15) is 24.5 Å². The Morgan fingerprint density at radius 3 is 2.00 bits per heavy atom. The molecular formula is C28H29N2PS. The van der Waals surface area contributed by atoms with E-state index in [0.29, 0.717) is 5.11 Å². The summed E-state index contributed by atoms with van der Waals surface area (Å²) < 4.78 is 0. The largest absolute Gasteiger partial charge is 0.356 e. The molecule has 0 aromatic heterocycles. The number of thiocarbonyl (C=S) groups is 1. The highest BCUT2D eigenvalue weighted by atomic mass is 32.1. The van der Waals surface area contributed by atoms with Crippen molar-refractivity contribution in [2.24, 2.45) is 0 Å². The van der Waals surface area contributed by atoms with Gasteiger partial charge in [-0.25, -0.2) is 0 Å². The van der Waals surface area contributed by atoms with Crippen molar-refractivity contribution in [1.82, 2.24) is 5.32 Å². The molecule has 1 aliphatic rings. The Bertz CT molecular complexity index is 1090. The van der Waals surface area contributed by atoms with Gasteiger partial charge in [-0.15, -0.1) is 0 Å². The third-order valence-electron chi connectivity index (χ3n) is 5.53. The Balaban J connectivity index is 1.59. The predicted octanol–water partition coefficient (Wildman–Crippen LogP) is 6.33. The number of rotatable bonds is 6. The monoisotopic (exact) mass is 456 g/mol. The van der Waals surface area contributed by atoms with Gasteiger partial charge in [-0.1, -0.05) is 78.9 Å². The van der Waals surface area contributed by atoms with Crippen LogP contribution in [0.15, 0.2) is 102 Å². The van der Waals surface area contributed by atoms with E-state index in [2.05, 4.69) is 122 Å². The summed E-state index contributed by atoms with van der Waals surface area (Å²) in [6.07, 6.45) is 5.53. The molecule has 0 bridgehead atoms. The molecule has 2 N–H and O–H groups in total. The van der Waals surface area contributed by atoms with Gasteiger partial charge in [0, 0.05) is 5.69 Å². The molecule has 1 aliphatic carbocycles. The molecule has 3 aromatic carbocycles. The van der Waals surface area contributed by atoms with Crippen LogP contribution in [-0.4, -0.2) is 11.2 Å². The molecule has 0 saturated carbocycles. The zero-order chi connectivity index (χ0) is 22.5. The van der Waals surface area contributed by atoms with Gasteiger partial charge in [0.15, 0.2) is 5.11 Å². The molecule has 0 saturated heterocycles. The predicted molar refractivity (Wildman–Crippen MR) is 145 cm³/mol. The van der Waals surface area contributed by atoms with Gasteiger partial charge in [0.2, 0.25) is 0 Å². The maximum absolute atomic E-state index is 5.66. The van der Waals surface area contributed by atoms with Gasteiger partial charge < -0.3 is 10.6 Å². The molecule has 0 unspecified atom stereocenters. The van der Waals surface area contributed by atoms with Gasteiger partial charge in [-0.05, 0) is 92.1 Å². The van der Waals surface area contributed by atoms with Crippen molar-refractivity contribution < 1.29 is 0 Å². The molecule has 4 heteroatoms. The summed E-state index contributed by atoms with van der Waals surface area (Å²) in [4.78, 5) is 0. The number of anilines is 1. The van der Waals surface area contributed by atoms with Gasteiger partial charge in [0.05, 0.1) is 6.04 Å². The number of allylic oxidation sites excluding steroid dienone is 2. The normalized spacial score (nSPS) is 14.0. The zero-order valence-corrected chi connectivity index (χ0v) is 20.5. The highest BCUT2D eigenvalue weighted by Gasteiger charge is 2.25. The minimum Gasteiger partial charge on any atom is -0.356 e. The van der Waals surface area contributed by atoms with E-state index in [1.165, 1.54) is 32.6 Å². The second kappa shape index (κ2) is 10.3. The molecule has 162 valence electrons. The van der Waals surface area contributed by atoms with E-state index < -0.39 is 7.92 Å². The summed E-state index contributed by atoms with van der Waals surface area (Å²) in [6.45, 7) is 6.41. The minimum atomic E-state index is -0.592. The first-order chi connectivity index (χ1) is 15.5. The van der Waals surface area contributed by atoms with Crippen LogP contribution < -0.4 is 21.2 Å². The lowest BCUT2D eigenvalue weighted by atomic mass is 10.1. The lowest BCUT2D eigenvalue weighted by Gasteiger charge is -2.25. The summed E-state index contributed by atoms with van der Waals surface area (Å²) >= 11 is 5.66. The Labute approximate surface area is 198 Å². The van der Waals surface area contributed by atoms with Gasteiger partial charge in [-0.3, -0.25) is 0 Å². The Kier molecular flexibility index (Phi) is 7.19. The highest BCUT2D eigenvalue weighted by Crippen LogP contribution is 2.49. The van der Waals surface area contributed by atoms with Crippen molar-refractivity contribution in [3.05, 3.63) is 113 Å². The highest BCUT2D eigenvalue weighted by molar-refractivity contribution is 7.80. The number of hydrogen-bond donors (Lipinski definition) is 2. The van der Waals surface area contributed by atoms with Crippen LogP contribution in [0, 0.1) is 13.8 Å². The SMILES string of the molecule is Cc1cc(C)cc(NC(=S)N[C@@H](C)C2=C(P(c3ccccc3)c3ccccc3)CC=C2)c1. The summed E-state index contributed by atoms with van der Waals surface area (Å²) in [5.41, 5.74) is 4.82. The van der Waals surface area contributed by atoms with Crippen LogP contribution in [0.5, 0.6) is 0 Å². The maximum Gasteiger partial charge on any atom is 0.171 e. The summed E-state index contributed by atoms with van der Waals surface area (Å²) in [6, 6.07) is 28.3. The lowest BCUT2D eigenvalue weighted by molar-refractivity contribution is 0.781. The molecule has 0 heterocycles. The molecular weight excluding hydrogens is 427 g/mol. The number of nitrogens with one attached hydrogen (secondary N) is 2. The standard InChI is InChI=1S/C28H29N2PS/c1-20-17-21(2)19-23(18-20)30-28(32)29-22(3)26-15-10-16-27(26)31(24-11-6-4-7-12-24)25-13-8-5-9-14-25/h4-15,17-19,22H,16H2,1-3H3,(H2,29,30,32)/t22-/m0/s1. The van der Waals surface area contributed by atoms with Crippen LogP contribution in [0.25, 0.3) is 0 Å². The molecule has 0 spiro atoms. The van der Waals surface area contributed by atoms with E-state index in [0.717, 1.165) is 12.1 Å². The molecule has 0 radical (unpaired) electrons. The van der Waals surface area contributed by atoms with Crippen molar-refractivity contribution in [3.63, 3.8) is 0 Å². The third kappa shape index (κ3) is 5.35. The zero-order valence-electron chi connectivity index (χ0n) is 18.8. The fraction of sp³-hybridized carbons (Fsp3) is 0.179. The molecule has 2 nitrogen and oxygen atoms in total. The van der Waals surface area contributed by atoms with Crippen LogP contribution in [0.3, 0.4) is 0 Å². The van der Waals surface area contributed by atoms with Crippen LogP contribution in [0.4, 0.5) is 5.69 Å². The second-order valence-corrected chi connectivity index (χ2v) is 10.9. The first-order valence-corrected chi connectivity index (χ1v) is 12.7. The molecule has 0 aliphatic heterocycles. The van der Waals surface area contributed by atoms with E-state index in [9.17, 15) is 0 Å². The van der Waals surface area contributed by atoms with Gasteiger partial charge >= 0.3 is 0 Å². The van der Waals surface area contributed by atoms with Gasteiger partial charge in [-0.2, -0.15) is 0 Å². The molecule has 1 atom stereocenters. The molecule has 32 heavy (non-hydrogen) atoms. The Morgan fingerprint density at radius 2 is 1.44 bits per heavy atom. The van der Waals surface area contributed by atoms with Crippen LogP contribution in [-0.2, 0) is 0 Å². The first-order valence-electron chi connectivity index (χ1n) is 11.0. The molecule has 0 amide bonds. The quantitative estimate of drug-likeness (QED) is 0.335. The van der Waals surface area contributed by atoms with Crippen molar-refractivity contribution >= 4 is 41.5 Å². The van der Waals surface area contributed by atoms with E-state index >= 15 is 0 Å². The summed E-state index contributed by atoms with van der Waals surface area (Å²) in [5, 5.41) is 11.8. The average Bonchev–Trinajstić information content (AvgIpc) is 3.24. The van der Waals surface area contributed by atoms with Crippen molar-refractivity contribution in [2.75, 3.05) is 5.32 Å². The molecule has 3 aromatic rings. The van der Waals surface area contributed by atoms with Crippen LogP contribution in [0.2, 0.25) is 0 Å². The summed E-state index contributed by atoms with van der Waals surface area (Å²) in [5.74, 6) is 0. The topological polar surface area (TPSA) is 24.1 Å². The van der Waals surface area contributed by atoms with E-state index in [4.69, 9.17) is 12.2 Å². The Hall–Kier alpha value is -2.74. The van der Waals surface area contributed by atoms with E-state index in [1.54, 1.807) is 0 Å². The van der Waals surface area contributed by atoms with Crippen molar-refractivity contribution in [1.29, 1.82) is 0 Å². The molecule has 4 rings (SSSR count). The molecule has 0 fully saturated rings. The minimum absolute atomic E-state index is 0.118. The number of benzene rings is 3. The second-order valence-electron chi connectivity index (χ2n) is 8.21. The maximum atomic E-state index is 5.66. The Morgan fingerprint density at radius 1 is 0.875 bits per heavy atom. The number of aryl methyl sites for hydroxylation is 2. The van der Waals surface area contributed by atoms with Gasteiger partial charge in [0.25, 0.3) is 0 Å². The average molecular weight is 457 g/mol. The lowest BCUT2D eigenvalue weighted by Crippen LogP contribution is -2.37. The van der Waals surface area contributed by atoms with Crippen molar-refractivity contribution in [3.8, 4) is 0 Å². The van der Waals surface area contributed by atoms with E-state index in [1.807, 2.05) is 0 Å². The fourth-order valence-corrected chi connectivity index (χ4v) is 7.20. The third-order valence-corrected chi connectivity index (χ3v) is 8.36. The van der Waals surface area contributed by atoms with E-state index in [-0.39, 0.29) is 6.04 Å². The fourth-order valence-electron chi connectivity index (χ4n) is 4.23. The smallest absolute Gasteiger partial charge is 0.171 e. The first kappa shape index (κ1) is 22.5. The van der Waals surface area contributed by atoms with Crippen LogP contribution >= 0.6 is 20.1 Å². The van der Waals surface area contributed by atoms with Gasteiger partial charge in [0.1, 0.15) is 0 Å². The van der Waals surface area contributed by atoms with Crippen molar-refractivity contribution in [2.45, 2.75) is 33.2 Å². The summed E-state index contributed by atoms with van der Waals surface area (Å²) in [7, 11) is -0.592.